The highest BCUT2D eigenvalue weighted by atomic mass is 16.5. The van der Waals surface area contributed by atoms with E-state index in [9.17, 15) is 19.2 Å². The van der Waals surface area contributed by atoms with Crippen molar-refractivity contribution in [2.24, 2.45) is 10.8 Å². The number of hydrogen-bond acceptors (Lipinski definition) is 6. The summed E-state index contributed by atoms with van der Waals surface area (Å²) < 4.78 is 9.35. The van der Waals surface area contributed by atoms with Crippen LogP contribution in [0.4, 0.5) is 0 Å². The van der Waals surface area contributed by atoms with Gasteiger partial charge < -0.3 is 9.47 Å². The van der Waals surface area contributed by atoms with Crippen LogP contribution in [0.25, 0.3) is 0 Å². The molecule has 6 heteroatoms. The van der Waals surface area contributed by atoms with Gasteiger partial charge in [0, 0.05) is 12.8 Å². The third-order valence-corrected chi connectivity index (χ3v) is 4.35. The van der Waals surface area contributed by atoms with Gasteiger partial charge in [-0.1, -0.05) is 6.42 Å². The number of rotatable bonds is 2. The van der Waals surface area contributed by atoms with Gasteiger partial charge in [0.05, 0.1) is 14.2 Å². The van der Waals surface area contributed by atoms with Gasteiger partial charge in [-0.25, -0.2) is 0 Å². The lowest BCUT2D eigenvalue weighted by Gasteiger charge is -2.36. The van der Waals surface area contributed by atoms with Crippen molar-refractivity contribution in [1.29, 1.82) is 0 Å². The molecule has 0 radical (unpaired) electrons. The fourth-order valence-electron chi connectivity index (χ4n) is 3.20. The maximum absolute atomic E-state index is 12.3. The summed E-state index contributed by atoms with van der Waals surface area (Å²) in [5.74, 6) is -2.12. The zero-order valence-electron chi connectivity index (χ0n) is 11.0. The Morgan fingerprint density at radius 1 is 0.895 bits per heavy atom. The number of hydrogen-bond donors (Lipinski definition) is 0. The summed E-state index contributed by atoms with van der Waals surface area (Å²) in [4.78, 5) is 48.4. The molecule has 3 saturated carbocycles. The van der Waals surface area contributed by atoms with Crippen molar-refractivity contribution in [2.45, 2.75) is 32.1 Å². The summed E-state index contributed by atoms with van der Waals surface area (Å²) in [7, 11) is 2.39. The number of carbonyl (C=O) groups is 4. The highest BCUT2D eigenvalue weighted by Crippen LogP contribution is 2.51. The molecule has 0 amide bonds. The standard InChI is InChI=1S/C13H16O6/c1-18-10(16)12-4-3-5-13(7-8(12)14,9(15)6-12)11(17)19-2/h3-7H2,1-2H3. The third-order valence-electron chi connectivity index (χ3n) is 4.35. The Hall–Kier alpha value is -1.72. The minimum absolute atomic E-state index is 0.253. The minimum Gasteiger partial charge on any atom is -0.468 e. The van der Waals surface area contributed by atoms with Crippen LogP contribution in [0.3, 0.4) is 0 Å². The van der Waals surface area contributed by atoms with E-state index in [0.29, 0.717) is 6.42 Å². The zero-order valence-corrected chi connectivity index (χ0v) is 11.0. The molecule has 0 aromatic carbocycles. The van der Waals surface area contributed by atoms with Gasteiger partial charge in [0.15, 0.2) is 11.6 Å². The van der Waals surface area contributed by atoms with E-state index in [1.807, 2.05) is 0 Å². The Morgan fingerprint density at radius 3 is 1.58 bits per heavy atom. The van der Waals surface area contributed by atoms with Crippen LogP contribution in [0.15, 0.2) is 0 Å². The van der Waals surface area contributed by atoms with E-state index in [2.05, 4.69) is 9.47 Å². The molecule has 0 saturated heterocycles. The Balaban J connectivity index is 2.46. The summed E-state index contributed by atoms with van der Waals surface area (Å²) in [6, 6.07) is 0. The molecule has 0 aliphatic heterocycles. The van der Waals surface area contributed by atoms with Gasteiger partial charge in [0.1, 0.15) is 10.8 Å². The van der Waals surface area contributed by atoms with E-state index < -0.39 is 22.8 Å². The molecule has 0 N–H and O–H groups in total. The summed E-state index contributed by atoms with van der Waals surface area (Å²) >= 11 is 0. The van der Waals surface area contributed by atoms with Crippen molar-refractivity contribution < 1.29 is 28.7 Å². The SMILES string of the molecule is COC(=O)C12CCCC(C(=O)OC)(CC1=O)C(=O)C2. The fourth-order valence-corrected chi connectivity index (χ4v) is 3.20. The van der Waals surface area contributed by atoms with Gasteiger partial charge in [0.25, 0.3) is 0 Å². The fraction of sp³-hybridized carbons (Fsp3) is 0.692. The Bertz CT molecular complexity index is 426. The molecule has 6 nitrogen and oxygen atoms in total. The number of carbonyl (C=O) groups excluding carboxylic acids is 4. The molecule has 0 aromatic rings. The highest BCUT2D eigenvalue weighted by Gasteiger charge is 2.63. The largest absolute Gasteiger partial charge is 0.468 e. The van der Waals surface area contributed by atoms with Gasteiger partial charge >= 0.3 is 11.9 Å². The van der Waals surface area contributed by atoms with Crippen LogP contribution in [0, 0.1) is 10.8 Å². The van der Waals surface area contributed by atoms with Gasteiger partial charge in [-0.3, -0.25) is 19.2 Å². The van der Waals surface area contributed by atoms with Crippen LogP contribution < -0.4 is 0 Å². The first-order valence-electron chi connectivity index (χ1n) is 6.16. The van der Waals surface area contributed by atoms with Crippen LogP contribution in [0.1, 0.15) is 32.1 Å². The molecule has 0 spiro atoms. The lowest BCUT2D eigenvalue weighted by Crippen LogP contribution is -2.53. The highest BCUT2D eigenvalue weighted by molar-refractivity contribution is 6.18. The molecule has 3 aliphatic rings. The van der Waals surface area contributed by atoms with Gasteiger partial charge in [0.2, 0.25) is 0 Å². The Labute approximate surface area is 110 Å². The van der Waals surface area contributed by atoms with Crippen molar-refractivity contribution in [3.05, 3.63) is 0 Å². The molecular weight excluding hydrogens is 252 g/mol. The van der Waals surface area contributed by atoms with Crippen molar-refractivity contribution >= 4 is 23.5 Å². The van der Waals surface area contributed by atoms with Crippen LogP contribution in [0.5, 0.6) is 0 Å². The smallest absolute Gasteiger partial charge is 0.319 e. The summed E-state index contributed by atoms with van der Waals surface area (Å²) in [6.07, 6.45) is 0.439. The molecule has 19 heavy (non-hydrogen) atoms. The van der Waals surface area contributed by atoms with Crippen LogP contribution in [0.2, 0.25) is 0 Å². The van der Waals surface area contributed by atoms with E-state index in [1.165, 1.54) is 14.2 Å². The summed E-state index contributed by atoms with van der Waals surface area (Å²) in [5, 5.41) is 0. The average molecular weight is 268 g/mol. The average Bonchev–Trinajstić information content (AvgIpc) is 2.64. The molecule has 0 aromatic heterocycles. The quantitative estimate of drug-likeness (QED) is 0.533. The maximum atomic E-state index is 12.3. The van der Waals surface area contributed by atoms with Crippen LogP contribution in [-0.2, 0) is 28.7 Å². The third kappa shape index (κ3) is 1.69. The second kappa shape index (κ2) is 4.43. The second-order valence-corrected chi connectivity index (χ2v) is 5.20. The molecule has 3 rings (SSSR count). The molecule has 2 bridgehead atoms. The number of fused-ring (bicyclic) bond motifs is 4. The molecule has 0 heterocycles. The monoisotopic (exact) mass is 268 g/mol. The zero-order chi connectivity index (χ0) is 14.3. The van der Waals surface area contributed by atoms with Gasteiger partial charge in [-0.2, -0.15) is 0 Å². The van der Waals surface area contributed by atoms with Gasteiger partial charge in [-0.05, 0) is 12.8 Å². The molecular formula is C13H16O6. The van der Waals surface area contributed by atoms with Gasteiger partial charge in [-0.15, -0.1) is 0 Å². The second-order valence-electron chi connectivity index (χ2n) is 5.20. The molecule has 104 valence electrons. The maximum Gasteiger partial charge on any atom is 0.319 e. The van der Waals surface area contributed by atoms with E-state index in [1.54, 1.807) is 0 Å². The van der Waals surface area contributed by atoms with Crippen LogP contribution >= 0.6 is 0 Å². The minimum atomic E-state index is -1.39. The number of ketones is 2. The first kappa shape index (κ1) is 13.7. The van der Waals surface area contributed by atoms with E-state index in [-0.39, 0.29) is 37.2 Å². The first-order chi connectivity index (χ1) is 8.93. The predicted molar refractivity (Wildman–Crippen MR) is 62.0 cm³/mol. The van der Waals surface area contributed by atoms with E-state index in [0.717, 1.165) is 0 Å². The lowest BCUT2D eigenvalue weighted by molar-refractivity contribution is -0.172. The van der Waals surface area contributed by atoms with Crippen molar-refractivity contribution in [3.63, 3.8) is 0 Å². The Morgan fingerprint density at radius 2 is 1.26 bits per heavy atom. The number of esters is 2. The van der Waals surface area contributed by atoms with Crippen molar-refractivity contribution in [2.75, 3.05) is 14.2 Å². The van der Waals surface area contributed by atoms with E-state index in [4.69, 9.17) is 0 Å². The number of methoxy groups -OCH3 is 2. The topological polar surface area (TPSA) is 86.7 Å². The normalized spacial score (nSPS) is 33.8. The van der Waals surface area contributed by atoms with Crippen LogP contribution in [-0.4, -0.2) is 37.7 Å². The number of ether oxygens (including phenoxy) is 2. The lowest BCUT2D eigenvalue weighted by atomic mass is 9.63. The van der Waals surface area contributed by atoms with Crippen molar-refractivity contribution in [1.82, 2.24) is 0 Å². The van der Waals surface area contributed by atoms with Crippen molar-refractivity contribution in [3.8, 4) is 0 Å². The predicted octanol–water partition coefficient (Wildman–Crippen LogP) is 0.421. The summed E-state index contributed by atoms with van der Waals surface area (Å²) in [5.41, 5.74) is -2.78. The Kier molecular flexibility index (Phi) is 3.20. The molecule has 3 aliphatic carbocycles. The first-order valence-corrected chi connectivity index (χ1v) is 6.16. The molecule has 3 fully saturated rings. The van der Waals surface area contributed by atoms with E-state index >= 15 is 0 Å². The summed E-state index contributed by atoms with van der Waals surface area (Å²) in [6.45, 7) is 0. The molecule has 2 unspecified atom stereocenters. The molecule has 2 atom stereocenters. The number of Topliss-reactive ketones (excluding diaryl/α,β-unsaturated/α-hetero) is 2.